The smallest absolute Gasteiger partial charge is 0.233 e. The van der Waals surface area contributed by atoms with Gasteiger partial charge in [-0.3, -0.25) is 4.79 Å². The van der Waals surface area contributed by atoms with Gasteiger partial charge in [0.15, 0.2) is 0 Å². The fraction of sp³-hybridized carbons (Fsp3) is 0.588. The molecule has 1 unspecified atom stereocenters. The molecule has 3 rings (SSSR count). The van der Waals surface area contributed by atoms with E-state index in [1.54, 1.807) is 23.5 Å². The molecule has 1 atom stereocenters. The van der Waals surface area contributed by atoms with Gasteiger partial charge in [-0.25, -0.2) is 0 Å². The number of aliphatic hydroxyl groups is 1. The minimum absolute atomic E-state index is 0.0503. The van der Waals surface area contributed by atoms with E-state index in [0.29, 0.717) is 12.3 Å². The third kappa shape index (κ3) is 3.47. The number of rotatable bonds is 4. The fourth-order valence-electron chi connectivity index (χ4n) is 3.35. The third-order valence-corrected chi connectivity index (χ3v) is 6.62. The second-order valence-electron chi connectivity index (χ2n) is 6.24. The quantitative estimate of drug-likeness (QED) is 0.851. The summed E-state index contributed by atoms with van der Waals surface area (Å²) in [5, 5.41) is 10.8. The number of β-amino-alcohol motifs (C(OH)–C–C–N with tert-alkyl or cyclic N) is 1. The first-order valence-electron chi connectivity index (χ1n) is 7.89. The van der Waals surface area contributed by atoms with Crippen LogP contribution in [0.25, 0.3) is 0 Å². The highest BCUT2D eigenvalue weighted by atomic mass is 32.2. The average molecular weight is 338 g/mol. The molecule has 1 N–H and O–H groups in total. The van der Waals surface area contributed by atoms with Crippen LogP contribution in [0.4, 0.5) is 0 Å². The van der Waals surface area contributed by atoms with Crippen LogP contribution in [0.5, 0.6) is 0 Å². The molecule has 2 aliphatic rings. The van der Waals surface area contributed by atoms with E-state index in [2.05, 4.69) is 30.5 Å². The molecule has 5 heteroatoms. The Hall–Kier alpha value is -0.650. The van der Waals surface area contributed by atoms with Crippen LogP contribution in [0.2, 0.25) is 0 Å². The van der Waals surface area contributed by atoms with Gasteiger partial charge >= 0.3 is 0 Å². The third-order valence-electron chi connectivity index (χ3n) is 4.62. The Morgan fingerprint density at radius 1 is 1.27 bits per heavy atom. The average Bonchev–Trinajstić information content (AvgIpc) is 2.89. The highest BCUT2D eigenvalue weighted by molar-refractivity contribution is 8.00. The van der Waals surface area contributed by atoms with Crippen molar-refractivity contribution in [2.45, 2.75) is 48.0 Å². The molecular formula is C17H23NO2S2. The van der Waals surface area contributed by atoms with Crippen molar-refractivity contribution >= 4 is 29.4 Å². The van der Waals surface area contributed by atoms with Crippen molar-refractivity contribution in [1.29, 1.82) is 0 Å². The highest BCUT2D eigenvalue weighted by Gasteiger charge is 2.39. The number of thioether (sulfide) groups is 2. The molecule has 22 heavy (non-hydrogen) atoms. The number of amides is 1. The molecule has 1 aromatic rings. The molecule has 1 heterocycles. The summed E-state index contributed by atoms with van der Waals surface area (Å²) in [5.41, 5.74) is 0.476. The van der Waals surface area contributed by atoms with Gasteiger partial charge in [-0.05, 0) is 36.8 Å². The molecule has 0 bridgehead atoms. The zero-order valence-electron chi connectivity index (χ0n) is 13.0. The summed E-state index contributed by atoms with van der Waals surface area (Å²) in [5.74, 6) is 0.674. The lowest BCUT2D eigenvalue weighted by Gasteiger charge is -2.37. The molecule has 0 aromatic heterocycles. The van der Waals surface area contributed by atoms with Crippen LogP contribution in [-0.2, 0) is 4.79 Å². The number of hydrogen-bond acceptors (Lipinski definition) is 4. The van der Waals surface area contributed by atoms with Crippen molar-refractivity contribution in [1.82, 2.24) is 4.90 Å². The largest absolute Gasteiger partial charge is 0.388 e. The summed E-state index contributed by atoms with van der Waals surface area (Å²) in [6.45, 7) is 0.480. The Labute approximate surface area is 140 Å². The Bertz CT molecular complexity index is 526. The number of carbonyl (C=O) groups excluding carboxylic acids is 1. The Kier molecular flexibility index (Phi) is 5.05. The van der Waals surface area contributed by atoms with E-state index in [1.807, 2.05) is 4.90 Å². The summed E-state index contributed by atoms with van der Waals surface area (Å²) in [6, 6.07) is 8.44. The molecule has 1 amide bonds. The molecule has 3 nitrogen and oxygen atoms in total. The number of nitrogens with zero attached hydrogens (tertiary/aromatic N) is 1. The maximum Gasteiger partial charge on any atom is 0.233 e. The normalized spacial score (nSPS) is 24.7. The molecule has 2 fully saturated rings. The Balaban J connectivity index is 1.76. The first-order valence-corrected chi connectivity index (χ1v) is 10.2. The SMILES string of the molecule is CSc1ccc(C2SCC(=O)N2CC2(O)CCCCC2)cc1. The van der Waals surface area contributed by atoms with E-state index in [-0.39, 0.29) is 11.3 Å². The lowest BCUT2D eigenvalue weighted by molar-refractivity contribution is -0.132. The van der Waals surface area contributed by atoms with E-state index in [0.717, 1.165) is 31.2 Å². The minimum atomic E-state index is -0.684. The molecular weight excluding hydrogens is 314 g/mol. The van der Waals surface area contributed by atoms with Gasteiger partial charge in [0.05, 0.1) is 17.9 Å². The van der Waals surface area contributed by atoms with Gasteiger partial charge in [0, 0.05) is 4.90 Å². The zero-order chi connectivity index (χ0) is 15.6. The van der Waals surface area contributed by atoms with Gasteiger partial charge in [0.1, 0.15) is 5.37 Å². The minimum Gasteiger partial charge on any atom is -0.388 e. The Morgan fingerprint density at radius 2 is 1.95 bits per heavy atom. The molecule has 0 radical (unpaired) electrons. The maximum absolute atomic E-state index is 12.3. The van der Waals surface area contributed by atoms with Crippen LogP contribution in [0.15, 0.2) is 29.2 Å². The van der Waals surface area contributed by atoms with Crippen molar-refractivity contribution in [3.63, 3.8) is 0 Å². The number of carbonyl (C=O) groups is 1. The van der Waals surface area contributed by atoms with Crippen LogP contribution < -0.4 is 0 Å². The Morgan fingerprint density at radius 3 is 2.59 bits per heavy atom. The topological polar surface area (TPSA) is 40.5 Å². The van der Waals surface area contributed by atoms with Crippen molar-refractivity contribution in [3.05, 3.63) is 29.8 Å². The predicted octanol–water partition coefficient (Wildman–Crippen LogP) is 3.68. The summed E-state index contributed by atoms with van der Waals surface area (Å²) in [4.78, 5) is 15.4. The van der Waals surface area contributed by atoms with Gasteiger partial charge in [0.2, 0.25) is 5.91 Å². The molecule has 0 spiro atoms. The van der Waals surface area contributed by atoms with Crippen LogP contribution in [0.3, 0.4) is 0 Å². The molecule has 1 aromatic carbocycles. The molecule has 1 aliphatic carbocycles. The van der Waals surface area contributed by atoms with E-state index in [4.69, 9.17) is 0 Å². The standard InChI is InChI=1S/C17H23NO2S2/c1-21-14-7-5-13(6-8-14)16-18(15(19)11-22-16)12-17(20)9-3-2-4-10-17/h5-8,16,20H,2-4,9-12H2,1H3. The second-order valence-corrected chi connectivity index (χ2v) is 8.19. The van der Waals surface area contributed by atoms with Gasteiger partial charge in [0.25, 0.3) is 0 Å². The molecule has 1 saturated heterocycles. The second kappa shape index (κ2) is 6.85. The van der Waals surface area contributed by atoms with Gasteiger partial charge < -0.3 is 10.0 Å². The molecule has 1 saturated carbocycles. The van der Waals surface area contributed by atoms with Crippen molar-refractivity contribution in [2.24, 2.45) is 0 Å². The maximum atomic E-state index is 12.3. The summed E-state index contributed by atoms with van der Waals surface area (Å²) < 4.78 is 0. The van der Waals surface area contributed by atoms with Crippen LogP contribution in [0.1, 0.15) is 43.0 Å². The zero-order valence-corrected chi connectivity index (χ0v) is 14.6. The highest BCUT2D eigenvalue weighted by Crippen LogP contribution is 2.41. The van der Waals surface area contributed by atoms with Gasteiger partial charge in [-0.2, -0.15) is 0 Å². The first kappa shape index (κ1) is 16.2. The lowest BCUT2D eigenvalue weighted by Crippen LogP contribution is -2.45. The molecule has 120 valence electrons. The van der Waals surface area contributed by atoms with Crippen molar-refractivity contribution in [3.8, 4) is 0 Å². The van der Waals surface area contributed by atoms with Crippen molar-refractivity contribution < 1.29 is 9.90 Å². The summed E-state index contributed by atoms with van der Waals surface area (Å²) in [7, 11) is 0. The van der Waals surface area contributed by atoms with Crippen LogP contribution >= 0.6 is 23.5 Å². The summed E-state index contributed by atoms with van der Waals surface area (Å²) >= 11 is 3.39. The van der Waals surface area contributed by atoms with Gasteiger partial charge in [-0.15, -0.1) is 23.5 Å². The number of benzene rings is 1. The van der Waals surface area contributed by atoms with Gasteiger partial charge in [-0.1, -0.05) is 31.4 Å². The van der Waals surface area contributed by atoms with Crippen molar-refractivity contribution in [2.75, 3.05) is 18.6 Å². The molecule has 1 aliphatic heterocycles. The first-order chi connectivity index (χ1) is 10.6. The van der Waals surface area contributed by atoms with Crippen LogP contribution in [-0.4, -0.2) is 40.1 Å². The van der Waals surface area contributed by atoms with E-state index in [1.165, 1.54) is 11.3 Å². The van der Waals surface area contributed by atoms with E-state index in [9.17, 15) is 9.90 Å². The predicted molar refractivity (Wildman–Crippen MR) is 93.2 cm³/mol. The number of hydrogen-bond donors (Lipinski definition) is 1. The lowest BCUT2D eigenvalue weighted by atomic mass is 9.84. The van der Waals surface area contributed by atoms with Crippen LogP contribution in [0, 0.1) is 0 Å². The fourth-order valence-corrected chi connectivity index (χ4v) is 4.95. The summed E-state index contributed by atoms with van der Waals surface area (Å²) in [6.07, 6.45) is 7.04. The monoisotopic (exact) mass is 337 g/mol. The van der Waals surface area contributed by atoms with E-state index >= 15 is 0 Å². The van der Waals surface area contributed by atoms with E-state index < -0.39 is 5.60 Å².